The van der Waals surface area contributed by atoms with E-state index in [1.54, 1.807) is 4.90 Å². The fourth-order valence-corrected chi connectivity index (χ4v) is 0.895. The molecular formula is C12H19NOS. The molecule has 0 aliphatic rings. The molecule has 0 radical (unpaired) electrons. The van der Waals surface area contributed by atoms with E-state index >= 15 is 0 Å². The van der Waals surface area contributed by atoms with Crippen LogP contribution in [0.1, 0.15) is 20.3 Å². The Kier molecular flexibility index (Phi) is 7.64. The first-order valence-corrected chi connectivity index (χ1v) is 5.41. The Hall–Kier alpha value is -1.09. The van der Waals surface area contributed by atoms with Gasteiger partial charge in [0.2, 0.25) is 0 Å². The lowest BCUT2D eigenvalue weighted by molar-refractivity contribution is 0.368. The van der Waals surface area contributed by atoms with Gasteiger partial charge in [0.05, 0.1) is 0 Å². The Morgan fingerprint density at radius 2 is 2.00 bits per heavy atom. The summed E-state index contributed by atoms with van der Waals surface area (Å²) >= 11 is 5.06. The predicted molar refractivity (Wildman–Crippen MR) is 69.7 cm³/mol. The molecule has 0 unspecified atom stereocenters. The SMILES string of the molecule is C\C=C/C=C\C(=C/CC)OC(=S)N(C)C. The van der Waals surface area contributed by atoms with Gasteiger partial charge in [-0.25, -0.2) is 0 Å². The Balaban J connectivity index is 4.42. The number of allylic oxidation sites excluding steroid dienone is 5. The van der Waals surface area contributed by atoms with Crippen LogP contribution in [0.5, 0.6) is 0 Å². The van der Waals surface area contributed by atoms with Crippen LogP contribution in [0, 0.1) is 0 Å². The van der Waals surface area contributed by atoms with Gasteiger partial charge < -0.3 is 9.64 Å². The first-order chi connectivity index (χ1) is 7.11. The van der Waals surface area contributed by atoms with E-state index in [0.29, 0.717) is 5.17 Å². The zero-order valence-corrected chi connectivity index (χ0v) is 10.7. The maximum atomic E-state index is 5.50. The Morgan fingerprint density at radius 1 is 1.33 bits per heavy atom. The first kappa shape index (κ1) is 13.9. The molecule has 0 atom stereocenters. The van der Waals surface area contributed by atoms with Crippen molar-refractivity contribution in [2.45, 2.75) is 20.3 Å². The lowest BCUT2D eigenvalue weighted by atomic mass is 10.3. The molecule has 0 fully saturated rings. The van der Waals surface area contributed by atoms with Gasteiger partial charge in [-0.05, 0) is 37.7 Å². The smallest absolute Gasteiger partial charge is 0.264 e. The van der Waals surface area contributed by atoms with Crippen LogP contribution in [-0.4, -0.2) is 24.2 Å². The second-order valence-corrected chi connectivity index (χ2v) is 3.51. The highest BCUT2D eigenvalue weighted by molar-refractivity contribution is 7.80. The fraction of sp³-hybridized carbons (Fsp3) is 0.417. The molecule has 0 aliphatic carbocycles. The van der Waals surface area contributed by atoms with Crippen molar-refractivity contribution < 1.29 is 4.74 Å². The topological polar surface area (TPSA) is 12.5 Å². The molecule has 0 saturated carbocycles. The van der Waals surface area contributed by atoms with Crippen LogP contribution >= 0.6 is 12.2 Å². The van der Waals surface area contributed by atoms with Crippen molar-refractivity contribution in [1.82, 2.24) is 4.90 Å². The molecule has 0 spiro atoms. The van der Waals surface area contributed by atoms with Crippen LogP contribution in [0.15, 0.2) is 36.1 Å². The van der Waals surface area contributed by atoms with Crippen molar-refractivity contribution in [3.63, 3.8) is 0 Å². The summed E-state index contributed by atoms with van der Waals surface area (Å²) in [4.78, 5) is 1.77. The van der Waals surface area contributed by atoms with Gasteiger partial charge in [0, 0.05) is 14.1 Å². The Labute approximate surface area is 97.9 Å². The van der Waals surface area contributed by atoms with Crippen molar-refractivity contribution in [2.24, 2.45) is 0 Å². The van der Waals surface area contributed by atoms with Gasteiger partial charge in [0.1, 0.15) is 5.76 Å². The molecule has 0 rings (SSSR count). The highest BCUT2D eigenvalue weighted by atomic mass is 32.1. The normalized spacial score (nSPS) is 12.4. The number of rotatable bonds is 4. The summed E-state index contributed by atoms with van der Waals surface area (Å²) in [6.45, 7) is 4.03. The quantitative estimate of drug-likeness (QED) is 0.414. The van der Waals surface area contributed by atoms with Crippen molar-refractivity contribution in [2.75, 3.05) is 14.1 Å². The van der Waals surface area contributed by atoms with Crippen LogP contribution in [0.2, 0.25) is 0 Å². The molecule has 0 bridgehead atoms. The van der Waals surface area contributed by atoms with E-state index in [1.165, 1.54) is 0 Å². The lowest BCUT2D eigenvalue weighted by Gasteiger charge is -2.14. The van der Waals surface area contributed by atoms with Crippen molar-refractivity contribution in [1.29, 1.82) is 0 Å². The predicted octanol–water partition coefficient (Wildman–Crippen LogP) is 3.28. The average Bonchev–Trinajstić information content (AvgIpc) is 2.18. The molecule has 0 aromatic heterocycles. The highest BCUT2D eigenvalue weighted by Gasteiger charge is 2.01. The number of hydrogen-bond donors (Lipinski definition) is 0. The summed E-state index contributed by atoms with van der Waals surface area (Å²) < 4.78 is 5.50. The van der Waals surface area contributed by atoms with Crippen LogP contribution in [-0.2, 0) is 4.74 Å². The zero-order valence-electron chi connectivity index (χ0n) is 9.86. The first-order valence-electron chi connectivity index (χ1n) is 5.00. The molecule has 0 aromatic rings. The summed E-state index contributed by atoms with van der Waals surface area (Å²) in [5.74, 6) is 0.786. The monoisotopic (exact) mass is 225 g/mol. The summed E-state index contributed by atoms with van der Waals surface area (Å²) in [6.07, 6.45) is 10.7. The van der Waals surface area contributed by atoms with E-state index in [1.807, 2.05) is 51.4 Å². The molecule has 0 amide bonds. The molecule has 0 N–H and O–H groups in total. The number of nitrogens with zero attached hydrogens (tertiary/aromatic N) is 1. The van der Waals surface area contributed by atoms with Crippen LogP contribution in [0.25, 0.3) is 0 Å². The van der Waals surface area contributed by atoms with Gasteiger partial charge in [-0.15, -0.1) is 0 Å². The standard InChI is InChI=1S/C12H19NOS/c1-5-7-8-10-11(9-6-2)14-12(15)13(3)4/h5,7-10H,6H2,1-4H3/b7-5-,10-8-,11-9+. The molecule has 0 heterocycles. The van der Waals surface area contributed by atoms with Gasteiger partial charge in [0.25, 0.3) is 5.17 Å². The third-order valence-corrected chi connectivity index (χ3v) is 1.99. The third kappa shape index (κ3) is 6.91. The number of thiocarbonyl (C=S) groups is 1. The molecule has 0 aliphatic heterocycles. The van der Waals surface area contributed by atoms with Gasteiger partial charge in [-0.2, -0.15) is 0 Å². The molecule has 0 saturated heterocycles. The Bertz CT molecular complexity index is 277. The number of ether oxygens (including phenoxy) is 1. The van der Waals surface area contributed by atoms with Crippen molar-refractivity contribution in [3.05, 3.63) is 36.1 Å². The maximum absolute atomic E-state index is 5.50. The van der Waals surface area contributed by atoms with E-state index in [4.69, 9.17) is 17.0 Å². The number of hydrogen-bond acceptors (Lipinski definition) is 2. The fourth-order valence-electron chi connectivity index (χ4n) is 0.799. The zero-order chi connectivity index (χ0) is 11.7. The minimum absolute atomic E-state index is 0.472. The van der Waals surface area contributed by atoms with Gasteiger partial charge in [-0.3, -0.25) is 0 Å². The van der Waals surface area contributed by atoms with Gasteiger partial charge in [-0.1, -0.05) is 25.2 Å². The second kappa shape index (κ2) is 8.24. The van der Waals surface area contributed by atoms with Crippen LogP contribution < -0.4 is 0 Å². The average molecular weight is 225 g/mol. The van der Waals surface area contributed by atoms with Gasteiger partial charge >= 0.3 is 0 Å². The maximum Gasteiger partial charge on any atom is 0.264 e. The van der Waals surface area contributed by atoms with Crippen molar-refractivity contribution in [3.8, 4) is 0 Å². The van der Waals surface area contributed by atoms with E-state index in [9.17, 15) is 0 Å². The van der Waals surface area contributed by atoms with Crippen molar-refractivity contribution >= 4 is 17.4 Å². The van der Waals surface area contributed by atoms with Crippen LogP contribution in [0.4, 0.5) is 0 Å². The summed E-state index contributed by atoms with van der Waals surface area (Å²) in [5.41, 5.74) is 0. The molecule has 0 aromatic carbocycles. The Morgan fingerprint density at radius 3 is 2.47 bits per heavy atom. The van der Waals surface area contributed by atoms with E-state index in [2.05, 4.69) is 6.92 Å². The lowest BCUT2D eigenvalue weighted by Crippen LogP contribution is -2.21. The minimum Gasteiger partial charge on any atom is -0.432 e. The largest absolute Gasteiger partial charge is 0.432 e. The molecular weight excluding hydrogens is 206 g/mol. The molecule has 2 nitrogen and oxygen atoms in total. The summed E-state index contributed by atoms with van der Waals surface area (Å²) in [6, 6.07) is 0. The third-order valence-electron chi connectivity index (χ3n) is 1.54. The second-order valence-electron chi connectivity index (χ2n) is 3.16. The van der Waals surface area contributed by atoms with E-state index in [0.717, 1.165) is 12.2 Å². The van der Waals surface area contributed by atoms with E-state index in [-0.39, 0.29) is 0 Å². The summed E-state index contributed by atoms with van der Waals surface area (Å²) in [7, 11) is 3.73. The van der Waals surface area contributed by atoms with E-state index < -0.39 is 0 Å². The highest BCUT2D eigenvalue weighted by Crippen LogP contribution is 2.04. The molecule has 3 heteroatoms. The van der Waals surface area contributed by atoms with Crippen LogP contribution in [0.3, 0.4) is 0 Å². The minimum atomic E-state index is 0.472. The van der Waals surface area contributed by atoms with Gasteiger partial charge in [0.15, 0.2) is 0 Å². The molecule has 84 valence electrons. The molecule has 15 heavy (non-hydrogen) atoms. The summed E-state index contributed by atoms with van der Waals surface area (Å²) in [5, 5.41) is 0.472.